The van der Waals surface area contributed by atoms with E-state index in [0.717, 1.165) is 10.5 Å². The SMILES string of the molecule is CCOC(=O)Cc1csc(NC(=O)C(Sc2ccc(NC(=O)/C(=C/c3ccccc3OC)NC(=O)c3ccccc3)cc2)c2ccccc2)n1. The third-order valence-corrected chi connectivity index (χ3v) is 9.16. The van der Waals surface area contributed by atoms with Crippen LogP contribution in [0.3, 0.4) is 0 Å². The number of rotatable bonds is 14. The zero-order valence-corrected chi connectivity index (χ0v) is 28.9. The Morgan fingerprint density at radius 2 is 1.54 bits per heavy atom. The maximum atomic E-state index is 13.6. The van der Waals surface area contributed by atoms with E-state index in [0.29, 0.717) is 33.4 Å². The number of aromatic nitrogens is 1. The minimum atomic E-state index is -0.627. The molecule has 0 aliphatic carbocycles. The number of esters is 1. The van der Waals surface area contributed by atoms with Gasteiger partial charge in [0.1, 0.15) is 16.7 Å². The van der Waals surface area contributed by atoms with Crippen LogP contribution in [0, 0.1) is 0 Å². The molecular weight excluding hydrogens is 673 g/mol. The summed E-state index contributed by atoms with van der Waals surface area (Å²) < 4.78 is 10.4. The molecule has 4 aromatic carbocycles. The van der Waals surface area contributed by atoms with E-state index in [4.69, 9.17) is 9.47 Å². The maximum Gasteiger partial charge on any atom is 0.311 e. The lowest BCUT2D eigenvalue weighted by atomic mass is 10.1. The molecule has 3 amide bonds. The van der Waals surface area contributed by atoms with E-state index in [2.05, 4.69) is 20.9 Å². The highest BCUT2D eigenvalue weighted by molar-refractivity contribution is 8.00. The second kappa shape index (κ2) is 17.6. The summed E-state index contributed by atoms with van der Waals surface area (Å²) in [7, 11) is 1.53. The number of anilines is 2. The van der Waals surface area contributed by atoms with E-state index in [-0.39, 0.29) is 30.6 Å². The van der Waals surface area contributed by atoms with Crippen LogP contribution in [0.15, 0.2) is 125 Å². The number of nitrogens with one attached hydrogen (secondary N) is 3. The van der Waals surface area contributed by atoms with Crippen LogP contribution in [0.25, 0.3) is 6.08 Å². The maximum absolute atomic E-state index is 13.6. The van der Waals surface area contributed by atoms with Crippen molar-refractivity contribution in [3.63, 3.8) is 0 Å². The van der Waals surface area contributed by atoms with Gasteiger partial charge in [0.15, 0.2) is 5.13 Å². The molecule has 5 aromatic rings. The molecule has 0 aliphatic rings. The minimum absolute atomic E-state index is 0.0233. The lowest BCUT2D eigenvalue weighted by Crippen LogP contribution is -2.30. The highest BCUT2D eigenvalue weighted by Crippen LogP contribution is 2.37. The molecule has 10 nitrogen and oxygen atoms in total. The monoisotopic (exact) mass is 706 g/mol. The van der Waals surface area contributed by atoms with Gasteiger partial charge in [-0.3, -0.25) is 19.2 Å². The lowest BCUT2D eigenvalue weighted by Gasteiger charge is -2.17. The van der Waals surface area contributed by atoms with Crippen molar-refractivity contribution >= 4 is 63.7 Å². The highest BCUT2D eigenvalue weighted by Gasteiger charge is 2.24. The summed E-state index contributed by atoms with van der Waals surface area (Å²) in [5.74, 6) is -1.10. The van der Waals surface area contributed by atoms with Crippen LogP contribution < -0.4 is 20.7 Å². The van der Waals surface area contributed by atoms with Gasteiger partial charge in [-0.05, 0) is 61.0 Å². The van der Waals surface area contributed by atoms with Gasteiger partial charge in [-0.15, -0.1) is 23.1 Å². The molecule has 254 valence electrons. The van der Waals surface area contributed by atoms with Gasteiger partial charge in [0.05, 0.1) is 25.8 Å². The predicted octanol–water partition coefficient (Wildman–Crippen LogP) is 7.14. The van der Waals surface area contributed by atoms with Crippen molar-refractivity contribution in [3.05, 3.63) is 143 Å². The van der Waals surface area contributed by atoms with Gasteiger partial charge in [-0.1, -0.05) is 66.7 Å². The van der Waals surface area contributed by atoms with Gasteiger partial charge in [-0.2, -0.15) is 0 Å². The van der Waals surface area contributed by atoms with Crippen LogP contribution in [0.4, 0.5) is 10.8 Å². The summed E-state index contributed by atoms with van der Waals surface area (Å²) in [6, 6.07) is 32.2. The number of carbonyl (C=O) groups excluding carboxylic acids is 4. The second-order valence-electron chi connectivity index (χ2n) is 10.6. The number of thiazole rings is 1. The summed E-state index contributed by atoms with van der Waals surface area (Å²) >= 11 is 2.57. The van der Waals surface area contributed by atoms with Gasteiger partial charge in [0.25, 0.3) is 11.8 Å². The van der Waals surface area contributed by atoms with Crippen molar-refractivity contribution in [1.82, 2.24) is 10.3 Å². The Morgan fingerprint density at radius 1 is 0.860 bits per heavy atom. The fraction of sp³-hybridized carbons (Fsp3) is 0.132. The molecule has 3 N–H and O–H groups in total. The summed E-state index contributed by atoms with van der Waals surface area (Å²) in [4.78, 5) is 57.2. The van der Waals surface area contributed by atoms with Crippen LogP contribution >= 0.6 is 23.1 Å². The first kappa shape index (κ1) is 35.6. The molecule has 12 heteroatoms. The van der Waals surface area contributed by atoms with Crippen LogP contribution in [-0.4, -0.2) is 42.4 Å². The number of para-hydroxylation sites is 1. The Balaban J connectivity index is 1.31. The normalized spacial score (nSPS) is 11.6. The fourth-order valence-electron chi connectivity index (χ4n) is 4.71. The van der Waals surface area contributed by atoms with E-state index in [1.165, 1.54) is 30.2 Å². The Bertz CT molecular complexity index is 1960. The van der Waals surface area contributed by atoms with Crippen LogP contribution in [0.1, 0.15) is 39.4 Å². The third-order valence-electron chi connectivity index (χ3n) is 7.09. The van der Waals surface area contributed by atoms with Gasteiger partial charge in [0.2, 0.25) is 5.91 Å². The molecule has 0 radical (unpaired) electrons. The molecule has 1 heterocycles. The number of nitrogens with zero attached hydrogens (tertiary/aromatic N) is 1. The van der Waals surface area contributed by atoms with Crippen molar-refractivity contribution in [2.24, 2.45) is 0 Å². The van der Waals surface area contributed by atoms with E-state index in [1.807, 2.05) is 42.5 Å². The minimum Gasteiger partial charge on any atom is -0.496 e. The Hall–Kier alpha value is -5.72. The van der Waals surface area contributed by atoms with Crippen molar-refractivity contribution in [2.45, 2.75) is 23.5 Å². The first-order valence-electron chi connectivity index (χ1n) is 15.6. The highest BCUT2D eigenvalue weighted by atomic mass is 32.2. The van der Waals surface area contributed by atoms with Crippen molar-refractivity contribution in [3.8, 4) is 5.75 Å². The molecule has 1 atom stereocenters. The number of carbonyl (C=O) groups is 4. The predicted molar refractivity (Wildman–Crippen MR) is 196 cm³/mol. The quantitative estimate of drug-likeness (QED) is 0.0630. The first-order valence-corrected chi connectivity index (χ1v) is 17.3. The van der Waals surface area contributed by atoms with Crippen molar-refractivity contribution in [1.29, 1.82) is 0 Å². The summed E-state index contributed by atoms with van der Waals surface area (Å²) in [6.07, 6.45) is 1.58. The Kier molecular flexibility index (Phi) is 12.5. The van der Waals surface area contributed by atoms with Gasteiger partial charge in [0, 0.05) is 27.1 Å². The summed E-state index contributed by atoms with van der Waals surface area (Å²) in [6.45, 7) is 2.02. The van der Waals surface area contributed by atoms with Gasteiger partial charge in [-0.25, -0.2) is 4.98 Å². The average molecular weight is 707 g/mol. The van der Waals surface area contributed by atoms with Gasteiger partial charge >= 0.3 is 5.97 Å². The van der Waals surface area contributed by atoms with Crippen LogP contribution in [0.2, 0.25) is 0 Å². The molecule has 1 unspecified atom stereocenters. The topological polar surface area (TPSA) is 136 Å². The number of ether oxygens (including phenoxy) is 2. The summed E-state index contributed by atoms with van der Waals surface area (Å²) in [5, 5.41) is 9.94. The first-order chi connectivity index (χ1) is 24.3. The zero-order valence-electron chi connectivity index (χ0n) is 27.3. The molecule has 5 rings (SSSR count). The van der Waals surface area contributed by atoms with Crippen LogP contribution in [-0.2, 0) is 25.5 Å². The molecule has 0 spiro atoms. The van der Waals surface area contributed by atoms with Crippen molar-refractivity contribution < 1.29 is 28.7 Å². The Labute approximate surface area is 297 Å². The third kappa shape index (κ3) is 9.91. The molecule has 0 aliphatic heterocycles. The number of methoxy groups -OCH3 is 1. The van der Waals surface area contributed by atoms with Crippen LogP contribution in [0.5, 0.6) is 5.75 Å². The molecule has 50 heavy (non-hydrogen) atoms. The van der Waals surface area contributed by atoms with Crippen molar-refractivity contribution in [2.75, 3.05) is 24.4 Å². The second-order valence-corrected chi connectivity index (χ2v) is 12.7. The summed E-state index contributed by atoms with van der Waals surface area (Å²) in [5.41, 5.74) is 2.82. The van der Waals surface area contributed by atoms with E-state index in [1.54, 1.807) is 85.1 Å². The molecule has 0 fully saturated rings. The van der Waals surface area contributed by atoms with E-state index >= 15 is 0 Å². The molecular formula is C38H34N4O6S2. The largest absolute Gasteiger partial charge is 0.496 e. The Morgan fingerprint density at radius 3 is 2.24 bits per heavy atom. The molecule has 1 aromatic heterocycles. The number of hydrogen-bond donors (Lipinski definition) is 3. The molecule has 0 bridgehead atoms. The number of benzene rings is 4. The number of thioether (sulfide) groups is 1. The fourth-order valence-corrected chi connectivity index (χ4v) is 6.45. The smallest absolute Gasteiger partial charge is 0.311 e. The van der Waals surface area contributed by atoms with E-state index < -0.39 is 17.1 Å². The van der Waals surface area contributed by atoms with E-state index in [9.17, 15) is 19.2 Å². The zero-order chi connectivity index (χ0) is 35.3. The lowest BCUT2D eigenvalue weighted by molar-refractivity contribution is -0.142. The average Bonchev–Trinajstić information content (AvgIpc) is 3.57. The standard InChI is InChI=1S/C38H34N4O6S2/c1-3-48-33(43)23-29-24-49-38(40-29)42-37(46)34(25-12-6-4-7-13-25)50-30-20-18-28(19-21-30)39-36(45)31(22-27-16-10-11-17-32(27)47-2)41-35(44)26-14-8-5-9-15-26/h4-22,24,34H,3,23H2,1-2H3,(H,39,45)(H,41,44)(H,40,42,46)/b31-22-. The molecule has 0 saturated heterocycles. The number of amides is 3. The number of hydrogen-bond acceptors (Lipinski definition) is 9. The molecule has 0 saturated carbocycles. The van der Waals surface area contributed by atoms with Gasteiger partial charge < -0.3 is 25.4 Å².